The highest BCUT2D eigenvalue weighted by atomic mass is 79.9. The van der Waals surface area contributed by atoms with Crippen LogP contribution in [0.15, 0.2) is 22.7 Å². The van der Waals surface area contributed by atoms with E-state index in [1.165, 1.54) is 11.3 Å². The molecule has 1 heterocycles. The summed E-state index contributed by atoms with van der Waals surface area (Å²) in [6.07, 6.45) is 3.25. The Morgan fingerprint density at radius 1 is 1.42 bits per heavy atom. The zero-order valence-corrected chi connectivity index (χ0v) is 13.0. The summed E-state index contributed by atoms with van der Waals surface area (Å²) < 4.78 is 0.712. The van der Waals surface area contributed by atoms with Crippen molar-refractivity contribution in [2.45, 2.75) is 19.3 Å². The lowest BCUT2D eigenvalue weighted by Gasteiger charge is -2.05. The first kappa shape index (κ1) is 13.1. The van der Waals surface area contributed by atoms with E-state index in [1.54, 1.807) is 29.5 Å². The Labute approximate surface area is 128 Å². The van der Waals surface area contributed by atoms with Crippen molar-refractivity contribution in [2.75, 3.05) is 5.32 Å². The second-order valence-electron chi connectivity index (χ2n) is 4.30. The summed E-state index contributed by atoms with van der Waals surface area (Å²) in [6.45, 7) is 0. The third kappa shape index (κ3) is 2.55. The van der Waals surface area contributed by atoms with E-state index in [1.807, 2.05) is 0 Å². The molecule has 0 spiro atoms. The minimum Gasteiger partial charge on any atom is -0.298 e. The van der Waals surface area contributed by atoms with Crippen molar-refractivity contribution in [3.8, 4) is 0 Å². The number of aryl methyl sites for hydroxylation is 2. The van der Waals surface area contributed by atoms with Gasteiger partial charge in [0.05, 0.1) is 16.3 Å². The molecule has 0 saturated carbocycles. The molecule has 1 N–H and O–H groups in total. The van der Waals surface area contributed by atoms with E-state index in [2.05, 4.69) is 26.2 Å². The van der Waals surface area contributed by atoms with Gasteiger partial charge >= 0.3 is 0 Å². The zero-order chi connectivity index (χ0) is 13.4. The second-order valence-corrected chi connectivity index (χ2v) is 6.61. The molecule has 1 aromatic heterocycles. The molecule has 1 aromatic carbocycles. The Morgan fingerprint density at radius 2 is 2.26 bits per heavy atom. The van der Waals surface area contributed by atoms with Crippen molar-refractivity contribution in [3.05, 3.63) is 43.8 Å². The minimum absolute atomic E-state index is 0.223. The number of aromatic nitrogens is 1. The highest BCUT2D eigenvalue weighted by Gasteiger charge is 2.19. The van der Waals surface area contributed by atoms with Crippen LogP contribution in [0.25, 0.3) is 0 Å². The predicted molar refractivity (Wildman–Crippen MR) is 81.2 cm³/mol. The SMILES string of the molecule is O=C(Nc1nc2c(s1)CCC2)c1cccc(Br)c1Cl. The first-order valence-electron chi connectivity index (χ1n) is 5.89. The molecule has 0 saturated heterocycles. The van der Waals surface area contributed by atoms with Crippen LogP contribution in [0.3, 0.4) is 0 Å². The maximum Gasteiger partial charge on any atom is 0.258 e. The second kappa shape index (κ2) is 5.23. The molecular weight excluding hydrogens is 348 g/mol. The molecule has 1 aliphatic rings. The zero-order valence-electron chi connectivity index (χ0n) is 9.87. The van der Waals surface area contributed by atoms with Gasteiger partial charge in [0.15, 0.2) is 5.13 Å². The van der Waals surface area contributed by atoms with Gasteiger partial charge in [0, 0.05) is 9.35 Å². The number of nitrogens with zero attached hydrogens (tertiary/aromatic N) is 1. The number of nitrogens with one attached hydrogen (secondary N) is 1. The number of benzene rings is 1. The van der Waals surface area contributed by atoms with Crippen LogP contribution in [0.2, 0.25) is 5.02 Å². The lowest BCUT2D eigenvalue weighted by atomic mass is 10.2. The van der Waals surface area contributed by atoms with Gasteiger partial charge in [0.1, 0.15) is 0 Å². The van der Waals surface area contributed by atoms with E-state index < -0.39 is 0 Å². The average molecular weight is 358 g/mol. The number of halogens is 2. The van der Waals surface area contributed by atoms with Gasteiger partial charge < -0.3 is 0 Å². The number of rotatable bonds is 2. The van der Waals surface area contributed by atoms with Crippen LogP contribution in [-0.2, 0) is 12.8 Å². The summed E-state index contributed by atoms with van der Waals surface area (Å²) in [4.78, 5) is 17.9. The van der Waals surface area contributed by atoms with Crippen LogP contribution >= 0.6 is 38.9 Å². The van der Waals surface area contributed by atoms with Crippen LogP contribution in [0.4, 0.5) is 5.13 Å². The molecule has 1 aliphatic carbocycles. The molecular formula is C13H10BrClN2OS. The molecule has 0 radical (unpaired) electrons. The third-order valence-electron chi connectivity index (χ3n) is 3.01. The first-order chi connectivity index (χ1) is 9.15. The number of amides is 1. The summed E-state index contributed by atoms with van der Waals surface area (Å²) in [6, 6.07) is 5.29. The number of thiazole rings is 1. The van der Waals surface area contributed by atoms with Gasteiger partial charge in [-0.15, -0.1) is 11.3 Å². The molecule has 0 fully saturated rings. The Bertz CT molecular complexity index is 635. The quantitative estimate of drug-likeness (QED) is 0.870. The van der Waals surface area contributed by atoms with Gasteiger partial charge in [-0.2, -0.15) is 0 Å². The number of anilines is 1. The van der Waals surface area contributed by atoms with Gasteiger partial charge in [-0.25, -0.2) is 4.98 Å². The molecule has 0 unspecified atom stereocenters. The van der Waals surface area contributed by atoms with Crippen LogP contribution in [-0.4, -0.2) is 10.9 Å². The Hall–Kier alpha value is -0.910. The van der Waals surface area contributed by atoms with Crippen molar-refractivity contribution >= 4 is 49.9 Å². The van der Waals surface area contributed by atoms with E-state index in [9.17, 15) is 4.79 Å². The molecule has 6 heteroatoms. The van der Waals surface area contributed by atoms with Crippen molar-refractivity contribution in [2.24, 2.45) is 0 Å². The summed E-state index contributed by atoms with van der Waals surface area (Å²) in [5.74, 6) is -0.223. The topological polar surface area (TPSA) is 42.0 Å². The smallest absolute Gasteiger partial charge is 0.258 e. The van der Waals surface area contributed by atoms with Crippen molar-refractivity contribution in [1.29, 1.82) is 0 Å². The Morgan fingerprint density at radius 3 is 3.05 bits per heavy atom. The molecule has 2 aromatic rings. The summed E-state index contributed by atoms with van der Waals surface area (Å²) in [7, 11) is 0. The fourth-order valence-electron chi connectivity index (χ4n) is 2.09. The van der Waals surface area contributed by atoms with Crippen LogP contribution in [0.5, 0.6) is 0 Å². The van der Waals surface area contributed by atoms with Crippen molar-refractivity contribution in [1.82, 2.24) is 4.98 Å². The maximum absolute atomic E-state index is 12.2. The van der Waals surface area contributed by atoms with Crippen LogP contribution in [0.1, 0.15) is 27.3 Å². The molecule has 0 bridgehead atoms. The number of carbonyl (C=O) groups is 1. The summed E-state index contributed by atoms with van der Waals surface area (Å²) in [5, 5.41) is 3.90. The predicted octanol–water partition coefficient (Wildman–Crippen LogP) is 4.30. The standard InChI is InChI=1S/C13H10BrClN2OS/c14-8-4-1-3-7(11(8)15)12(18)17-13-16-9-5-2-6-10(9)19-13/h1,3-4H,2,5-6H2,(H,16,17,18). The number of carbonyl (C=O) groups excluding carboxylic acids is 1. The molecule has 0 atom stereocenters. The monoisotopic (exact) mass is 356 g/mol. The van der Waals surface area contributed by atoms with Gasteiger partial charge in [-0.05, 0) is 47.3 Å². The number of fused-ring (bicyclic) bond motifs is 1. The van der Waals surface area contributed by atoms with E-state index in [0.29, 0.717) is 20.2 Å². The molecule has 3 nitrogen and oxygen atoms in total. The van der Waals surface area contributed by atoms with Gasteiger partial charge in [-0.3, -0.25) is 10.1 Å². The highest BCUT2D eigenvalue weighted by Crippen LogP contribution is 2.31. The van der Waals surface area contributed by atoms with Gasteiger partial charge in [0.2, 0.25) is 0 Å². The fraction of sp³-hybridized carbons (Fsp3) is 0.231. The molecule has 19 heavy (non-hydrogen) atoms. The normalized spacial score (nSPS) is 13.4. The lowest BCUT2D eigenvalue weighted by molar-refractivity contribution is 0.102. The molecule has 0 aliphatic heterocycles. The van der Waals surface area contributed by atoms with E-state index in [-0.39, 0.29) is 5.91 Å². The van der Waals surface area contributed by atoms with Gasteiger partial charge in [-0.1, -0.05) is 17.7 Å². The summed E-state index contributed by atoms with van der Waals surface area (Å²) in [5.41, 5.74) is 1.58. The third-order valence-corrected chi connectivity index (χ3v) is 5.38. The average Bonchev–Trinajstić information content (AvgIpc) is 2.93. The lowest BCUT2D eigenvalue weighted by Crippen LogP contribution is -2.12. The Balaban J connectivity index is 1.82. The molecule has 1 amide bonds. The van der Waals surface area contributed by atoms with Crippen molar-refractivity contribution in [3.63, 3.8) is 0 Å². The molecule has 3 rings (SSSR count). The van der Waals surface area contributed by atoms with E-state index in [4.69, 9.17) is 11.6 Å². The number of hydrogen-bond donors (Lipinski definition) is 1. The summed E-state index contributed by atoms with van der Waals surface area (Å²) >= 11 is 11.0. The van der Waals surface area contributed by atoms with Crippen LogP contribution < -0.4 is 5.32 Å². The van der Waals surface area contributed by atoms with Crippen molar-refractivity contribution < 1.29 is 4.79 Å². The largest absolute Gasteiger partial charge is 0.298 e. The highest BCUT2D eigenvalue weighted by molar-refractivity contribution is 9.10. The van der Waals surface area contributed by atoms with E-state index >= 15 is 0 Å². The van der Waals surface area contributed by atoms with Crippen LogP contribution in [0, 0.1) is 0 Å². The fourth-order valence-corrected chi connectivity index (χ4v) is 3.71. The molecule has 98 valence electrons. The Kier molecular flexibility index (Phi) is 3.60. The first-order valence-corrected chi connectivity index (χ1v) is 7.88. The maximum atomic E-state index is 12.2. The number of hydrogen-bond acceptors (Lipinski definition) is 3. The van der Waals surface area contributed by atoms with E-state index in [0.717, 1.165) is 18.5 Å². The minimum atomic E-state index is -0.223. The van der Waals surface area contributed by atoms with Gasteiger partial charge in [0.25, 0.3) is 5.91 Å².